The quantitative estimate of drug-likeness (QED) is 0.196. The molecule has 0 aliphatic heterocycles. The Morgan fingerprint density at radius 2 is 1.31 bits per heavy atom. The van der Waals surface area contributed by atoms with Crippen LogP contribution in [0.3, 0.4) is 0 Å². The number of nitro benzene ring substituents is 1. The van der Waals surface area contributed by atoms with Crippen LogP contribution in [0.1, 0.15) is 97.8 Å². The van der Waals surface area contributed by atoms with E-state index >= 15 is 0 Å². The van der Waals surface area contributed by atoms with Crippen LogP contribution >= 0.6 is 0 Å². The van der Waals surface area contributed by atoms with Gasteiger partial charge in [0.25, 0.3) is 15.8 Å². The van der Waals surface area contributed by atoms with Crippen LogP contribution in [0.2, 0.25) is 0 Å². The van der Waals surface area contributed by atoms with Crippen molar-refractivity contribution in [2.45, 2.75) is 81.9 Å². The molecule has 2 aliphatic carbocycles. The molecular formula is C24H33NO9S. The summed E-state index contributed by atoms with van der Waals surface area (Å²) in [5.74, 6) is -1.68. The van der Waals surface area contributed by atoms with Gasteiger partial charge < -0.3 is 9.47 Å². The van der Waals surface area contributed by atoms with Gasteiger partial charge in [0, 0.05) is 6.07 Å². The number of hydrogen-bond donors (Lipinski definition) is 1. The van der Waals surface area contributed by atoms with E-state index in [9.17, 15) is 32.7 Å². The van der Waals surface area contributed by atoms with Crippen molar-refractivity contribution in [2.24, 2.45) is 11.8 Å². The molecule has 0 atom stereocenters. The summed E-state index contributed by atoms with van der Waals surface area (Å²) in [6, 6.07) is 1.49. The van der Waals surface area contributed by atoms with Crippen molar-refractivity contribution in [3.8, 4) is 0 Å². The van der Waals surface area contributed by atoms with E-state index < -0.39 is 48.7 Å². The highest BCUT2D eigenvalue weighted by atomic mass is 32.2. The Kier molecular flexibility index (Phi) is 9.62. The number of rotatable bonds is 10. The molecule has 0 radical (unpaired) electrons. The summed E-state index contributed by atoms with van der Waals surface area (Å²) in [5.41, 5.74) is -2.48. The highest BCUT2D eigenvalue weighted by molar-refractivity contribution is 7.86. The molecule has 0 unspecified atom stereocenters. The predicted octanol–water partition coefficient (Wildman–Crippen LogP) is 5.10. The summed E-state index contributed by atoms with van der Waals surface area (Å²) in [5, 5.41) is 11.6. The van der Waals surface area contributed by atoms with Crippen molar-refractivity contribution in [2.75, 3.05) is 13.2 Å². The number of hydrogen-bond acceptors (Lipinski definition) is 8. The molecule has 3 rings (SSSR count). The smallest absolute Gasteiger partial charge is 0.346 e. The van der Waals surface area contributed by atoms with Crippen LogP contribution in [-0.2, 0) is 19.6 Å². The van der Waals surface area contributed by atoms with Gasteiger partial charge in [-0.15, -0.1) is 0 Å². The second-order valence-corrected chi connectivity index (χ2v) is 10.8. The molecule has 2 fully saturated rings. The zero-order valence-electron chi connectivity index (χ0n) is 19.8. The Labute approximate surface area is 205 Å². The fourth-order valence-corrected chi connectivity index (χ4v) is 5.76. The van der Waals surface area contributed by atoms with Crippen LogP contribution in [0.15, 0.2) is 17.0 Å². The molecule has 1 aromatic rings. The number of carbonyl (C=O) groups excluding carboxylic acids is 2. The molecule has 11 heteroatoms. The van der Waals surface area contributed by atoms with Gasteiger partial charge in [-0.05, 0) is 30.7 Å². The van der Waals surface area contributed by atoms with Gasteiger partial charge in [-0.3, -0.25) is 14.7 Å². The number of benzene rings is 1. The summed E-state index contributed by atoms with van der Waals surface area (Å²) < 4.78 is 44.1. The molecule has 10 nitrogen and oxygen atoms in total. The Morgan fingerprint density at radius 1 is 0.857 bits per heavy atom. The SMILES string of the molecule is O=C(OCCC1CCCCC1)c1c([N+](=O)[O-])ccc(S(=O)(=O)O)c1C(=O)OCCC1CCCCC1. The van der Waals surface area contributed by atoms with E-state index in [1.54, 1.807) is 0 Å². The van der Waals surface area contributed by atoms with Crippen LogP contribution in [0.25, 0.3) is 0 Å². The van der Waals surface area contributed by atoms with Crippen molar-refractivity contribution in [3.05, 3.63) is 33.4 Å². The minimum absolute atomic E-state index is 0.0209. The maximum absolute atomic E-state index is 12.9. The Morgan fingerprint density at radius 3 is 1.74 bits per heavy atom. The van der Waals surface area contributed by atoms with Gasteiger partial charge in [-0.1, -0.05) is 64.2 Å². The van der Waals surface area contributed by atoms with Crippen LogP contribution in [0, 0.1) is 22.0 Å². The first-order valence-corrected chi connectivity index (χ1v) is 13.8. The minimum atomic E-state index is -4.99. The van der Waals surface area contributed by atoms with Crippen molar-refractivity contribution in [1.82, 2.24) is 0 Å². The first kappa shape index (κ1) is 27.1. The van der Waals surface area contributed by atoms with E-state index in [2.05, 4.69) is 0 Å². The summed E-state index contributed by atoms with van der Waals surface area (Å²) in [6.07, 6.45) is 11.8. The largest absolute Gasteiger partial charge is 0.462 e. The zero-order chi connectivity index (χ0) is 25.4. The number of ether oxygens (including phenoxy) is 2. The second-order valence-electron chi connectivity index (χ2n) is 9.42. The van der Waals surface area contributed by atoms with Crippen LogP contribution in [-0.4, -0.2) is 43.0 Å². The van der Waals surface area contributed by atoms with Crippen molar-refractivity contribution < 1.29 is 37.0 Å². The average Bonchev–Trinajstić information content (AvgIpc) is 2.83. The van der Waals surface area contributed by atoms with Crippen LogP contribution < -0.4 is 0 Å². The third-order valence-electron chi connectivity index (χ3n) is 7.00. The minimum Gasteiger partial charge on any atom is -0.462 e. The van der Waals surface area contributed by atoms with E-state index in [4.69, 9.17) is 9.47 Å². The normalized spacial score (nSPS) is 17.6. The fourth-order valence-electron chi connectivity index (χ4n) is 5.08. The molecule has 0 amide bonds. The fraction of sp³-hybridized carbons (Fsp3) is 0.667. The number of nitrogens with zero attached hydrogens (tertiary/aromatic N) is 1. The maximum atomic E-state index is 12.9. The van der Waals surface area contributed by atoms with Gasteiger partial charge in [0.1, 0.15) is 10.5 Å². The monoisotopic (exact) mass is 511 g/mol. The molecule has 0 spiro atoms. The molecule has 35 heavy (non-hydrogen) atoms. The zero-order valence-corrected chi connectivity index (χ0v) is 20.6. The van der Waals surface area contributed by atoms with Gasteiger partial charge in [-0.2, -0.15) is 8.42 Å². The molecule has 1 N–H and O–H groups in total. The predicted molar refractivity (Wildman–Crippen MR) is 126 cm³/mol. The Balaban J connectivity index is 1.83. The van der Waals surface area contributed by atoms with E-state index in [-0.39, 0.29) is 13.2 Å². The molecule has 2 aliphatic rings. The highest BCUT2D eigenvalue weighted by Gasteiger charge is 2.36. The molecule has 0 heterocycles. The van der Waals surface area contributed by atoms with Crippen molar-refractivity contribution >= 4 is 27.7 Å². The highest BCUT2D eigenvalue weighted by Crippen LogP contribution is 2.32. The summed E-state index contributed by atoms with van der Waals surface area (Å²) >= 11 is 0. The first-order valence-electron chi connectivity index (χ1n) is 12.3. The Hall–Kier alpha value is -2.53. The van der Waals surface area contributed by atoms with E-state index in [0.29, 0.717) is 24.7 Å². The van der Waals surface area contributed by atoms with E-state index in [1.165, 1.54) is 0 Å². The molecule has 1 aromatic carbocycles. The van der Waals surface area contributed by atoms with E-state index in [0.717, 1.165) is 76.3 Å². The molecular weight excluding hydrogens is 478 g/mol. The van der Waals surface area contributed by atoms with Gasteiger partial charge in [-0.25, -0.2) is 9.59 Å². The summed E-state index contributed by atoms with van der Waals surface area (Å²) in [4.78, 5) is 35.7. The molecule has 0 bridgehead atoms. The van der Waals surface area contributed by atoms with Crippen LogP contribution in [0.5, 0.6) is 0 Å². The third kappa shape index (κ3) is 7.47. The average molecular weight is 512 g/mol. The first-order chi connectivity index (χ1) is 16.7. The number of esters is 2. The maximum Gasteiger partial charge on any atom is 0.346 e. The van der Waals surface area contributed by atoms with Gasteiger partial charge in [0.05, 0.1) is 18.1 Å². The van der Waals surface area contributed by atoms with Crippen molar-refractivity contribution in [3.63, 3.8) is 0 Å². The van der Waals surface area contributed by atoms with Gasteiger partial charge >= 0.3 is 11.9 Å². The lowest BCUT2D eigenvalue weighted by atomic mass is 9.87. The summed E-state index contributed by atoms with van der Waals surface area (Å²) in [6.45, 7) is -0.0554. The van der Waals surface area contributed by atoms with E-state index in [1.807, 2.05) is 0 Å². The Bertz CT molecular complexity index is 1030. The standard InChI is InChI=1S/C24H33NO9S/c26-23(33-15-13-17-7-3-1-4-8-17)21-19(25(28)29)11-12-20(35(30,31)32)22(21)24(27)34-16-14-18-9-5-2-6-10-18/h11-12,17-18H,1-10,13-16H2,(H,30,31,32). The molecule has 2 saturated carbocycles. The second kappa shape index (κ2) is 12.4. The number of nitro groups is 1. The summed E-state index contributed by atoms with van der Waals surface area (Å²) in [7, 11) is -4.99. The lowest BCUT2D eigenvalue weighted by molar-refractivity contribution is -0.385. The lowest BCUT2D eigenvalue weighted by Gasteiger charge is -2.21. The van der Waals surface area contributed by atoms with Gasteiger partial charge in [0.15, 0.2) is 5.56 Å². The topological polar surface area (TPSA) is 150 Å². The molecule has 0 saturated heterocycles. The molecule has 194 valence electrons. The van der Waals surface area contributed by atoms with Crippen molar-refractivity contribution in [1.29, 1.82) is 0 Å². The number of carbonyl (C=O) groups is 2. The van der Waals surface area contributed by atoms with Gasteiger partial charge in [0.2, 0.25) is 0 Å². The third-order valence-corrected chi connectivity index (χ3v) is 7.89. The molecule has 0 aromatic heterocycles. The lowest BCUT2D eigenvalue weighted by Crippen LogP contribution is -2.21. The van der Waals surface area contributed by atoms with Crippen LogP contribution in [0.4, 0.5) is 5.69 Å².